The number of rotatable bonds is 3. The number of nitrogens with one attached hydrogen (secondary N) is 1. The van der Waals surface area contributed by atoms with Gasteiger partial charge in [0.1, 0.15) is 6.33 Å². The van der Waals surface area contributed by atoms with Crippen molar-refractivity contribution in [1.29, 1.82) is 0 Å². The molecule has 4 nitrogen and oxygen atoms in total. The average Bonchev–Trinajstić information content (AvgIpc) is 2.63. The van der Waals surface area contributed by atoms with E-state index in [2.05, 4.69) is 21.2 Å². The molecule has 0 fully saturated rings. The van der Waals surface area contributed by atoms with E-state index in [0.29, 0.717) is 4.77 Å². The predicted octanol–water partition coefficient (Wildman–Crippen LogP) is 1.58. The summed E-state index contributed by atoms with van der Waals surface area (Å²) in [6.07, 6.45) is 6.26. The number of nitrogens with zero attached hydrogens (tertiary/aromatic N) is 3. The van der Waals surface area contributed by atoms with Gasteiger partial charge in [-0.2, -0.15) is 5.10 Å². The lowest BCUT2D eigenvalue weighted by Crippen LogP contribution is -2.00. The lowest BCUT2D eigenvalue weighted by Gasteiger charge is -2.00. The Morgan fingerprint density at radius 2 is 2.43 bits per heavy atom. The van der Waals surface area contributed by atoms with Gasteiger partial charge >= 0.3 is 0 Å². The maximum atomic E-state index is 5.03. The molecule has 0 aliphatic rings. The summed E-state index contributed by atoms with van der Waals surface area (Å²) in [6, 6.07) is 3.99. The number of hydrogen-bond acceptors (Lipinski definition) is 3. The Bertz CT molecular complexity index is 445. The lowest BCUT2D eigenvalue weighted by molar-refractivity contribution is 0.683. The second kappa shape index (κ2) is 4.15. The molecule has 5 heteroatoms. The Kier molecular flexibility index (Phi) is 2.69. The van der Waals surface area contributed by atoms with Crippen LogP contribution in [0.15, 0.2) is 30.9 Å². The number of aromatic nitrogens is 4. The van der Waals surface area contributed by atoms with Crippen molar-refractivity contribution in [3.63, 3.8) is 0 Å². The van der Waals surface area contributed by atoms with Crippen LogP contribution < -0.4 is 0 Å². The van der Waals surface area contributed by atoms with Gasteiger partial charge in [-0.1, -0.05) is 6.07 Å². The van der Waals surface area contributed by atoms with Crippen molar-refractivity contribution in [3.8, 4) is 0 Å². The van der Waals surface area contributed by atoms with E-state index >= 15 is 0 Å². The van der Waals surface area contributed by atoms with Crippen LogP contribution in [0, 0.1) is 4.77 Å². The average molecular weight is 206 g/mol. The second-order valence-electron chi connectivity index (χ2n) is 2.97. The van der Waals surface area contributed by atoms with Gasteiger partial charge in [0.05, 0.1) is 0 Å². The Balaban J connectivity index is 2.02. The molecule has 0 aromatic carbocycles. The molecule has 0 aliphatic heterocycles. The minimum Gasteiger partial charge on any atom is -0.306 e. The van der Waals surface area contributed by atoms with Crippen LogP contribution in [-0.4, -0.2) is 19.7 Å². The number of pyridine rings is 1. The van der Waals surface area contributed by atoms with Crippen molar-refractivity contribution in [2.75, 3.05) is 0 Å². The van der Waals surface area contributed by atoms with Crippen LogP contribution in [0.1, 0.15) is 5.56 Å². The molecule has 1 N–H and O–H groups in total. The van der Waals surface area contributed by atoms with Crippen molar-refractivity contribution >= 4 is 12.2 Å². The Morgan fingerprint density at radius 1 is 1.50 bits per heavy atom. The fourth-order valence-corrected chi connectivity index (χ4v) is 1.42. The molecule has 14 heavy (non-hydrogen) atoms. The smallest absolute Gasteiger partial charge is 0.194 e. The summed E-state index contributed by atoms with van der Waals surface area (Å²) in [5.74, 6) is 0. The van der Waals surface area contributed by atoms with E-state index in [1.54, 1.807) is 12.5 Å². The molecular formula is C9H10N4S. The van der Waals surface area contributed by atoms with Crippen LogP contribution in [-0.2, 0) is 13.0 Å². The summed E-state index contributed by atoms with van der Waals surface area (Å²) in [6.45, 7) is 0.834. The van der Waals surface area contributed by atoms with Crippen LogP contribution in [0.5, 0.6) is 0 Å². The minimum absolute atomic E-state index is 0.661. The van der Waals surface area contributed by atoms with Gasteiger partial charge in [-0.15, -0.1) is 0 Å². The van der Waals surface area contributed by atoms with Crippen molar-refractivity contribution in [3.05, 3.63) is 41.2 Å². The maximum Gasteiger partial charge on any atom is 0.194 e. The highest BCUT2D eigenvalue weighted by Crippen LogP contribution is 1.99. The first-order chi connectivity index (χ1) is 6.86. The van der Waals surface area contributed by atoms with Crippen LogP contribution in [0.3, 0.4) is 0 Å². The first-order valence-electron chi connectivity index (χ1n) is 4.35. The first kappa shape index (κ1) is 9.08. The third-order valence-electron chi connectivity index (χ3n) is 1.98. The molecular weight excluding hydrogens is 196 g/mol. The van der Waals surface area contributed by atoms with Crippen molar-refractivity contribution < 1.29 is 0 Å². The second-order valence-corrected chi connectivity index (χ2v) is 3.35. The normalized spacial score (nSPS) is 10.3. The molecule has 2 rings (SSSR count). The third kappa shape index (κ3) is 2.05. The molecule has 0 saturated carbocycles. The standard InChI is InChI=1S/C9H10N4S/c14-9-12-11-7-13(9)5-3-8-2-1-4-10-6-8/h1-2,4,6-7H,3,5H2,(H,12,14). The maximum absolute atomic E-state index is 5.03. The molecule has 0 atom stereocenters. The van der Waals surface area contributed by atoms with Crippen LogP contribution in [0.2, 0.25) is 0 Å². The van der Waals surface area contributed by atoms with Gasteiger partial charge in [-0.05, 0) is 30.3 Å². The van der Waals surface area contributed by atoms with Crippen molar-refractivity contribution in [1.82, 2.24) is 19.7 Å². The highest BCUT2D eigenvalue weighted by Gasteiger charge is 1.95. The van der Waals surface area contributed by atoms with E-state index in [-0.39, 0.29) is 0 Å². The zero-order valence-electron chi connectivity index (χ0n) is 7.55. The molecule has 0 amide bonds. The summed E-state index contributed by atoms with van der Waals surface area (Å²) in [5.41, 5.74) is 1.20. The molecule has 0 spiro atoms. The molecule has 0 bridgehead atoms. The lowest BCUT2D eigenvalue weighted by atomic mass is 10.2. The van der Waals surface area contributed by atoms with E-state index in [4.69, 9.17) is 12.2 Å². The summed E-state index contributed by atoms with van der Waals surface area (Å²) in [7, 11) is 0. The Labute approximate surface area is 86.6 Å². The van der Waals surface area contributed by atoms with E-state index < -0.39 is 0 Å². The molecule has 0 radical (unpaired) electrons. The van der Waals surface area contributed by atoms with E-state index in [9.17, 15) is 0 Å². The monoisotopic (exact) mass is 206 g/mol. The molecule has 2 aromatic rings. The summed E-state index contributed by atoms with van der Waals surface area (Å²) >= 11 is 5.03. The number of H-pyrrole nitrogens is 1. The predicted molar refractivity (Wildman–Crippen MR) is 55.4 cm³/mol. The largest absolute Gasteiger partial charge is 0.306 e. The quantitative estimate of drug-likeness (QED) is 0.775. The highest BCUT2D eigenvalue weighted by atomic mass is 32.1. The summed E-state index contributed by atoms with van der Waals surface area (Å²) in [4.78, 5) is 4.05. The molecule has 72 valence electrons. The van der Waals surface area contributed by atoms with Gasteiger partial charge in [0.25, 0.3) is 0 Å². The Hall–Kier alpha value is -1.49. The fraction of sp³-hybridized carbons (Fsp3) is 0.222. The van der Waals surface area contributed by atoms with Gasteiger partial charge in [0.2, 0.25) is 0 Å². The van der Waals surface area contributed by atoms with Crippen LogP contribution in [0.25, 0.3) is 0 Å². The van der Waals surface area contributed by atoms with Gasteiger partial charge in [0.15, 0.2) is 4.77 Å². The zero-order valence-corrected chi connectivity index (χ0v) is 8.37. The van der Waals surface area contributed by atoms with Gasteiger partial charge in [0, 0.05) is 18.9 Å². The molecule has 2 aromatic heterocycles. The summed E-state index contributed by atoms with van der Waals surface area (Å²) in [5, 5.41) is 6.57. The highest BCUT2D eigenvalue weighted by molar-refractivity contribution is 7.71. The SMILES string of the molecule is S=c1[nH]ncn1CCc1cccnc1. The van der Waals surface area contributed by atoms with E-state index in [1.807, 2.05) is 16.8 Å². The van der Waals surface area contributed by atoms with Crippen LogP contribution >= 0.6 is 12.2 Å². The van der Waals surface area contributed by atoms with Gasteiger partial charge in [-0.3, -0.25) is 10.1 Å². The van der Waals surface area contributed by atoms with Crippen molar-refractivity contribution in [2.24, 2.45) is 0 Å². The van der Waals surface area contributed by atoms with Crippen molar-refractivity contribution in [2.45, 2.75) is 13.0 Å². The van der Waals surface area contributed by atoms with E-state index in [0.717, 1.165) is 13.0 Å². The van der Waals surface area contributed by atoms with Crippen LogP contribution in [0.4, 0.5) is 0 Å². The molecule has 0 unspecified atom stereocenters. The topological polar surface area (TPSA) is 46.5 Å². The minimum atomic E-state index is 0.661. The number of hydrogen-bond donors (Lipinski definition) is 1. The Morgan fingerprint density at radius 3 is 3.07 bits per heavy atom. The zero-order chi connectivity index (χ0) is 9.80. The third-order valence-corrected chi connectivity index (χ3v) is 2.31. The number of aromatic amines is 1. The molecule has 0 aliphatic carbocycles. The molecule has 2 heterocycles. The van der Waals surface area contributed by atoms with Gasteiger partial charge in [-0.25, -0.2) is 0 Å². The fourth-order valence-electron chi connectivity index (χ4n) is 1.23. The van der Waals surface area contributed by atoms with Gasteiger partial charge < -0.3 is 4.57 Å². The molecule has 0 saturated heterocycles. The first-order valence-corrected chi connectivity index (χ1v) is 4.76. The summed E-state index contributed by atoms with van der Waals surface area (Å²) < 4.78 is 2.57. The van der Waals surface area contributed by atoms with E-state index in [1.165, 1.54) is 5.56 Å². The number of aryl methyl sites for hydroxylation is 2.